The predicted molar refractivity (Wildman–Crippen MR) is 105 cm³/mol. The van der Waals surface area contributed by atoms with Gasteiger partial charge in [0.05, 0.1) is 30.0 Å². The second-order valence-electron chi connectivity index (χ2n) is 6.28. The lowest BCUT2D eigenvalue weighted by atomic mass is 10.2. The summed E-state index contributed by atoms with van der Waals surface area (Å²) in [6.45, 7) is 6.16. The third-order valence-corrected chi connectivity index (χ3v) is 6.35. The van der Waals surface area contributed by atoms with Gasteiger partial charge in [-0.15, -0.1) is 16.4 Å². The molecule has 7 nitrogen and oxygen atoms in total. The molecule has 0 aromatic carbocycles. The molecule has 1 amide bonds. The Labute approximate surface area is 164 Å². The standard InChI is InChI=1S/C17H20BrN5O2S/c18-13-9-15(26-12-13)17(24)23-3-1-22(2-4-23)16-10-14(11-19-20-16)21-5-7-25-8-6-21/h9-12H,1-8H2. The van der Waals surface area contributed by atoms with Crippen molar-refractivity contribution in [3.05, 3.63) is 33.1 Å². The highest BCUT2D eigenvalue weighted by atomic mass is 79.9. The lowest BCUT2D eigenvalue weighted by Crippen LogP contribution is -2.49. The van der Waals surface area contributed by atoms with E-state index >= 15 is 0 Å². The summed E-state index contributed by atoms with van der Waals surface area (Å²) in [6, 6.07) is 3.98. The van der Waals surface area contributed by atoms with Crippen molar-refractivity contribution in [1.29, 1.82) is 0 Å². The van der Waals surface area contributed by atoms with Gasteiger partial charge in [0.2, 0.25) is 0 Å². The number of hydrogen-bond donors (Lipinski definition) is 0. The van der Waals surface area contributed by atoms with Crippen LogP contribution in [0.2, 0.25) is 0 Å². The quantitative estimate of drug-likeness (QED) is 0.732. The van der Waals surface area contributed by atoms with Gasteiger partial charge in [0, 0.05) is 55.2 Å². The molecule has 2 aliphatic heterocycles. The molecule has 0 atom stereocenters. The van der Waals surface area contributed by atoms with E-state index in [1.807, 2.05) is 22.5 Å². The van der Waals surface area contributed by atoms with Crippen molar-refractivity contribution in [1.82, 2.24) is 15.1 Å². The van der Waals surface area contributed by atoms with Crippen molar-refractivity contribution in [3.63, 3.8) is 0 Å². The lowest BCUT2D eigenvalue weighted by Gasteiger charge is -2.35. The molecule has 138 valence electrons. The molecule has 2 aliphatic rings. The first-order chi connectivity index (χ1) is 12.7. The summed E-state index contributed by atoms with van der Waals surface area (Å²) in [4.78, 5) is 19.7. The molecule has 2 aromatic heterocycles. The highest BCUT2D eigenvalue weighted by molar-refractivity contribution is 9.10. The van der Waals surface area contributed by atoms with Gasteiger partial charge < -0.3 is 19.4 Å². The van der Waals surface area contributed by atoms with E-state index in [9.17, 15) is 4.79 Å². The number of halogens is 1. The Morgan fingerprint density at radius 1 is 1.08 bits per heavy atom. The van der Waals surface area contributed by atoms with Crippen LogP contribution in [0.1, 0.15) is 9.67 Å². The van der Waals surface area contributed by atoms with Crippen molar-refractivity contribution in [2.75, 3.05) is 62.3 Å². The van der Waals surface area contributed by atoms with Crippen molar-refractivity contribution in [3.8, 4) is 0 Å². The monoisotopic (exact) mass is 437 g/mol. The molecule has 0 radical (unpaired) electrons. The predicted octanol–water partition coefficient (Wildman–Crippen LogP) is 2.10. The fraction of sp³-hybridized carbons (Fsp3) is 0.471. The van der Waals surface area contributed by atoms with Crippen LogP contribution in [0, 0.1) is 0 Å². The minimum Gasteiger partial charge on any atom is -0.378 e. The van der Waals surface area contributed by atoms with Crippen LogP contribution in [0.5, 0.6) is 0 Å². The maximum atomic E-state index is 12.6. The summed E-state index contributed by atoms with van der Waals surface area (Å²) in [5.74, 6) is 0.980. The molecule has 2 aromatic rings. The molecule has 0 saturated carbocycles. The normalized spacial score (nSPS) is 18.3. The fourth-order valence-corrected chi connectivity index (χ4v) is 4.61. The van der Waals surface area contributed by atoms with Crippen LogP contribution in [0.4, 0.5) is 11.5 Å². The Morgan fingerprint density at radius 3 is 2.54 bits per heavy atom. The van der Waals surface area contributed by atoms with Gasteiger partial charge in [0.1, 0.15) is 0 Å². The number of carbonyl (C=O) groups is 1. The van der Waals surface area contributed by atoms with Gasteiger partial charge in [-0.1, -0.05) is 0 Å². The van der Waals surface area contributed by atoms with E-state index in [2.05, 4.69) is 42.0 Å². The van der Waals surface area contributed by atoms with Gasteiger partial charge in [-0.3, -0.25) is 4.79 Å². The van der Waals surface area contributed by atoms with Crippen LogP contribution in [0.3, 0.4) is 0 Å². The highest BCUT2D eigenvalue weighted by Crippen LogP contribution is 2.24. The van der Waals surface area contributed by atoms with Gasteiger partial charge in [0.25, 0.3) is 5.91 Å². The Hall–Kier alpha value is -1.71. The van der Waals surface area contributed by atoms with E-state index in [-0.39, 0.29) is 5.91 Å². The summed E-state index contributed by atoms with van der Waals surface area (Å²) in [5.41, 5.74) is 1.08. The van der Waals surface area contributed by atoms with E-state index in [0.717, 1.165) is 60.2 Å². The van der Waals surface area contributed by atoms with Crippen molar-refractivity contribution in [2.24, 2.45) is 0 Å². The number of morpholine rings is 1. The number of hydrogen-bond acceptors (Lipinski definition) is 7. The molecule has 26 heavy (non-hydrogen) atoms. The number of nitrogens with zero attached hydrogens (tertiary/aromatic N) is 5. The summed E-state index contributed by atoms with van der Waals surface area (Å²) in [7, 11) is 0. The average Bonchev–Trinajstić information content (AvgIpc) is 3.15. The maximum absolute atomic E-state index is 12.6. The minimum atomic E-state index is 0.105. The van der Waals surface area contributed by atoms with E-state index in [1.165, 1.54) is 11.3 Å². The molecule has 9 heteroatoms. The third kappa shape index (κ3) is 3.84. The Kier molecular flexibility index (Phi) is 5.37. The highest BCUT2D eigenvalue weighted by Gasteiger charge is 2.24. The summed E-state index contributed by atoms with van der Waals surface area (Å²) < 4.78 is 6.37. The number of amides is 1. The van der Waals surface area contributed by atoms with Crippen LogP contribution in [0.15, 0.2) is 28.2 Å². The number of anilines is 2. The third-order valence-electron chi connectivity index (χ3n) is 4.67. The van der Waals surface area contributed by atoms with Crippen molar-refractivity contribution < 1.29 is 9.53 Å². The number of ether oxygens (including phenoxy) is 1. The molecule has 0 aliphatic carbocycles. The molecule has 2 fully saturated rings. The first-order valence-electron chi connectivity index (χ1n) is 8.64. The van der Waals surface area contributed by atoms with Gasteiger partial charge in [-0.05, 0) is 22.0 Å². The zero-order valence-corrected chi connectivity index (χ0v) is 16.7. The molecule has 4 rings (SSSR count). The molecular weight excluding hydrogens is 418 g/mol. The Bertz CT molecular complexity index is 772. The number of rotatable bonds is 3. The second kappa shape index (κ2) is 7.89. The van der Waals surface area contributed by atoms with Crippen LogP contribution in [-0.4, -0.2) is 73.5 Å². The summed E-state index contributed by atoms with van der Waals surface area (Å²) >= 11 is 4.88. The molecule has 0 unspecified atom stereocenters. The molecule has 0 bridgehead atoms. The van der Waals surface area contributed by atoms with Crippen molar-refractivity contribution >= 4 is 44.7 Å². The van der Waals surface area contributed by atoms with Crippen LogP contribution >= 0.6 is 27.3 Å². The SMILES string of the molecule is O=C(c1cc(Br)cs1)N1CCN(c2cc(N3CCOCC3)cnn2)CC1. The van der Waals surface area contributed by atoms with E-state index in [4.69, 9.17) is 4.74 Å². The van der Waals surface area contributed by atoms with Crippen LogP contribution in [0.25, 0.3) is 0 Å². The molecular formula is C17H20BrN5O2S. The van der Waals surface area contributed by atoms with Gasteiger partial charge in [0.15, 0.2) is 5.82 Å². The molecule has 0 spiro atoms. The number of carbonyl (C=O) groups excluding carboxylic acids is 1. The van der Waals surface area contributed by atoms with Crippen LogP contribution in [-0.2, 0) is 4.74 Å². The zero-order valence-electron chi connectivity index (χ0n) is 14.3. The van der Waals surface area contributed by atoms with Gasteiger partial charge in [-0.25, -0.2) is 0 Å². The maximum Gasteiger partial charge on any atom is 0.264 e. The average molecular weight is 438 g/mol. The fourth-order valence-electron chi connectivity index (χ4n) is 3.21. The van der Waals surface area contributed by atoms with E-state index < -0.39 is 0 Å². The number of aromatic nitrogens is 2. The van der Waals surface area contributed by atoms with Crippen molar-refractivity contribution in [2.45, 2.75) is 0 Å². The van der Waals surface area contributed by atoms with E-state index in [0.29, 0.717) is 13.1 Å². The molecule has 4 heterocycles. The first-order valence-corrected chi connectivity index (χ1v) is 10.3. The minimum absolute atomic E-state index is 0.105. The Morgan fingerprint density at radius 2 is 1.85 bits per heavy atom. The zero-order chi connectivity index (χ0) is 17.9. The second-order valence-corrected chi connectivity index (χ2v) is 8.11. The summed E-state index contributed by atoms with van der Waals surface area (Å²) in [6.07, 6.45) is 1.81. The Balaban J connectivity index is 1.39. The van der Waals surface area contributed by atoms with E-state index in [1.54, 1.807) is 0 Å². The lowest BCUT2D eigenvalue weighted by molar-refractivity contribution is 0.0751. The van der Waals surface area contributed by atoms with Gasteiger partial charge in [-0.2, -0.15) is 5.10 Å². The smallest absolute Gasteiger partial charge is 0.264 e. The first kappa shape index (κ1) is 17.7. The number of thiophene rings is 1. The van der Waals surface area contributed by atoms with Gasteiger partial charge >= 0.3 is 0 Å². The largest absolute Gasteiger partial charge is 0.378 e. The number of piperazine rings is 1. The molecule has 0 N–H and O–H groups in total. The summed E-state index contributed by atoms with van der Waals surface area (Å²) in [5, 5.41) is 10.4. The van der Waals surface area contributed by atoms with Crippen LogP contribution < -0.4 is 9.80 Å². The topological polar surface area (TPSA) is 61.8 Å². The molecule has 2 saturated heterocycles.